The Bertz CT molecular complexity index is 410. The first-order valence-electron chi connectivity index (χ1n) is 7.35. The summed E-state index contributed by atoms with van der Waals surface area (Å²) in [5, 5.41) is 6.78. The normalized spacial score (nSPS) is 18.8. The van der Waals surface area contributed by atoms with Gasteiger partial charge in [0.25, 0.3) is 0 Å². The van der Waals surface area contributed by atoms with E-state index in [9.17, 15) is 0 Å². The molecule has 1 fully saturated rings. The van der Waals surface area contributed by atoms with E-state index in [1.165, 1.54) is 18.6 Å². The topological polar surface area (TPSA) is 59.1 Å². The number of anilines is 2. The van der Waals surface area contributed by atoms with Crippen LogP contribution in [0.25, 0.3) is 0 Å². The van der Waals surface area contributed by atoms with E-state index in [0.29, 0.717) is 19.3 Å². The summed E-state index contributed by atoms with van der Waals surface area (Å²) >= 11 is 2.01. The van der Waals surface area contributed by atoms with E-state index in [1.807, 2.05) is 24.8 Å². The highest BCUT2D eigenvalue weighted by Crippen LogP contribution is 2.21. The lowest BCUT2D eigenvalue weighted by Crippen LogP contribution is -2.26. The minimum Gasteiger partial charge on any atom is -0.374 e. The molecule has 1 aliphatic heterocycles. The molecule has 0 bridgehead atoms. The van der Waals surface area contributed by atoms with E-state index < -0.39 is 0 Å². The Morgan fingerprint density at radius 2 is 2.20 bits per heavy atom. The molecule has 20 heavy (non-hydrogen) atoms. The van der Waals surface area contributed by atoms with Crippen LogP contribution in [-0.2, 0) is 11.3 Å². The fraction of sp³-hybridized carbons (Fsp3) is 0.714. The average molecular weight is 296 g/mol. The summed E-state index contributed by atoms with van der Waals surface area (Å²) in [4.78, 5) is 9.01. The summed E-state index contributed by atoms with van der Waals surface area (Å²) in [6, 6.07) is 2.50. The Balaban J connectivity index is 2.06. The van der Waals surface area contributed by atoms with Crippen LogP contribution in [0.15, 0.2) is 6.07 Å². The lowest BCUT2D eigenvalue weighted by atomic mass is 10.2. The number of thioether (sulfide) groups is 1. The Hall–Kier alpha value is -1.01. The molecule has 0 spiro atoms. The molecule has 0 aliphatic carbocycles. The molecule has 2 N–H and O–H groups in total. The second kappa shape index (κ2) is 8.32. The van der Waals surface area contributed by atoms with E-state index in [2.05, 4.69) is 27.5 Å². The molecule has 112 valence electrons. The number of aromatic nitrogens is 2. The predicted octanol–water partition coefficient (Wildman–Crippen LogP) is 2.75. The third-order valence-electron chi connectivity index (χ3n) is 3.08. The van der Waals surface area contributed by atoms with Crippen molar-refractivity contribution in [2.24, 2.45) is 0 Å². The van der Waals surface area contributed by atoms with Crippen molar-refractivity contribution < 1.29 is 4.74 Å². The highest BCUT2D eigenvalue weighted by Gasteiger charge is 2.15. The first-order chi connectivity index (χ1) is 9.81. The summed E-state index contributed by atoms with van der Waals surface area (Å²) < 4.78 is 5.41. The van der Waals surface area contributed by atoms with Crippen molar-refractivity contribution >= 4 is 23.4 Å². The number of ether oxygens (including phenoxy) is 1. The highest BCUT2D eigenvalue weighted by molar-refractivity contribution is 7.99. The van der Waals surface area contributed by atoms with E-state index >= 15 is 0 Å². The van der Waals surface area contributed by atoms with Crippen LogP contribution in [-0.4, -0.2) is 40.7 Å². The summed E-state index contributed by atoms with van der Waals surface area (Å²) in [6.07, 6.45) is 2.49. The zero-order chi connectivity index (χ0) is 14.2. The molecular formula is C14H24N4OS. The van der Waals surface area contributed by atoms with Crippen LogP contribution in [0.4, 0.5) is 11.6 Å². The van der Waals surface area contributed by atoms with Crippen molar-refractivity contribution in [2.45, 2.75) is 39.3 Å². The minimum atomic E-state index is 0.462. The van der Waals surface area contributed by atoms with Crippen molar-refractivity contribution in [3.63, 3.8) is 0 Å². The van der Waals surface area contributed by atoms with Crippen molar-refractivity contribution in [3.8, 4) is 0 Å². The van der Waals surface area contributed by atoms with Crippen molar-refractivity contribution in [3.05, 3.63) is 11.9 Å². The number of rotatable bonds is 7. The smallest absolute Gasteiger partial charge is 0.158 e. The molecule has 0 radical (unpaired) electrons. The van der Waals surface area contributed by atoms with Crippen LogP contribution in [0.5, 0.6) is 0 Å². The number of nitrogens with one attached hydrogen (secondary N) is 2. The molecule has 1 aromatic rings. The Morgan fingerprint density at radius 1 is 1.35 bits per heavy atom. The lowest BCUT2D eigenvalue weighted by Gasteiger charge is -2.23. The molecule has 1 aliphatic rings. The maximum atomic E-state index is 5.41. The quantitative estimate of drug-likeness (QED) is 0.807. The fourth-order valence-electron chi connectivity index (χ4n) is 2.16. The SMILES string of the molecule is CCNc1cc(NC2CCCSC2)nc(COCC)n1. The average Bonchev–Trinajstić information content (AvgIpc) is 2.46. The first-order valence-corrected chi connectivity index (χ1v) is 8.51. The van der Waals surface area contributed by atoms with Gasteiger partial charge in [-0.1, -0.05) is 0 Å². The lowest BCUT2D eigenvalue weighted by molar-refractivity contribution is 0.128. The molecule has 2 rings (SSSR count). The van der Waals surface area contributed by atoms with Crippen LogP contribution in [0.2, 0.25) is 0 Å². The van der Waals surface area contributed by atoms with Crippen molar-refractivity contribution in [1.82, 2.24) is 9.97 Å². The Morgan fingerprint density at radius 3 is 2.90 bits per heavy atom. The molecule has 0 aromatic carbocycles. The van der Waals surface area contributed by atoms with Gasteiger partial charge in [0, 0.05) is 31.0 Å². The Labute approximate surface area is 125 Å². The van der Waals surface area contributed by atoms with Crippen LogP contribution in [0.1, 0.15) is 32.5 Å². The van der Waals surface area contributed by atoms with E-state index in [0.717, 1.165) is 29.8 Å². The van der Waals surface area contributed by atoms with E-state index in [4.69, 9.17) is 4.74 Å². The standard InChI is InChI=1S/C14H24N4OS/c1-3-15-12-8-13(16-11-6-5-7-20-10-11)18-14(17-12)9-19-4-2/h8,11H,3-7,9-10H2,1-2H3,(H2,15,16,17,18). The second-order valence-corrected chi connectivity index (χ2v) is 5.93. The minimum absolute atomic E-state index is 0.462. The molecule has 5 nitrogen and oxygen atoms in total. The van der Waals surface area contributed by atoms with E-state index in [-0.39, 0.29) is 0 Å². The predicted molar refractivity (Wildman–Crippen MR) is 85.5 cm³/mol. The first kappa shape index (κ1) is 15.4. The molecule has 1 unspecified atom stereocenters. The third-order valence-corrected chi connectivity index (χ3v) is 4.29. The fourth-order valence-corrected chi connectivity index (χ4v) is 3.24. The molecule has 1 aromatic heterocycles. The van der Waals surface area contributed by atoms with Gasteiger partial charge in [0.1, 0.15) is 18.2 Å². The molecule has 0 saturated carbocycles. The number of hydrogen-bond donors (Lipinski definition) is 2. The molecule has 1 saturated heterocycles. The summed E-state index contributed by atoms with van der Waals surface area (Å²) in [5.41, 5.74) is 0. The maximum Gasteiger partial charge on any atom is 0.158 e. The van der Waals surface area contributed by atoms with Gasteiger partial charge in [-0.05, 0) is 32.4 Å². The van der Waals surface area contributed by atoms with Gasteiger partial charge in [-0.25, -0.2) is 9.97 Å². The van der Waals surface area contributed by atoms with Crippen LogP contribution >= 0.6 is 11.8 Å². The van der Waals surface area contributed by atoms with Gasteiger partial charge < -0.3 is 15.4 Å². The van der Waals surface area contributed by atoms with Gasteiger partial charge in [-0.15, -0.1) is 0 Å². The van der Waals surface area contributed by atoms with Crippen LogP contribution in [0, 0.1) is 0 Å². The van der Waals surface area contributed by atoms with Crippen LogP contribution < -0.4 is 10.6 Å². The second-order valence-electron chi connectivity index (χ2n) is 4.78. The Kier molecular flexibility index (Phi) is 6.39. The zero-order valence-corrected chi connectivity index (χ0v) is 13.1. The van der Waals surface area contributed by atoms with Gasteiger partial charge in [0.2, 0.25) is 0 Å². The van der Waals surface area contributed by atoms with E-state index in [1.54, 1.807) is 0 Å². The molecule has 6 heteroatoms. The van der Waals surface area contributed by atoms with Crippen LogP contribution in [0.3, 0.4) is 0 Å². The van der Waals surface area contributed by atoms with Crippen molar-refractivity contribution in [1.29, 1.82) is 0 Å². The number of hydrogen-bond acceptors (Lipinski definition) is 6. The summed E-state index contributed by atoms with van der Waals surface area (Å²) in [7, 11) is 0. The van der Waals surface area contributed by atoms with Gasteiger partial charge >= 0.3 is 0 Å². The van der Waals surface area contributed by atoms with Gasteiger partial charge in [0.05, 0.1) is 0 Å². The highest BCUT2D eigenvalue weighted by atomic mass is 32.2. The maximum absolute atomic E-state index is 5.41. The van der Waals surface area contributed by atoms with Crippen molar-refractivity contribution in [2.75, 3.05) is 35.3 Å². The molecule has 2 heterocycles. The van der Waals surface area contributed by atoms with Gasteiger partial charge in [-0.3, -0.25) is 0 Å². The molecule has 1 atom stereocenters. The van der Waals surface area contributed by atoms with Gasteiger partial charge in [-0.2, -0.15) is 11.8 Å². The monoisotopic (exact) mass is 296 g/mol. The third kappa shape index (κ3) is 4.83. The number of nitrogens with zero attached hydrogens (tertiary/aromatic N) is 2. The molecular weight excluding hydrogens is 272 g/mol. The summed E-state index contributed by atoms with van der Waals surface area (Å²) in [5.74, 6) is 4.93. The summed E-state index contributed by atoms with van der Waals surface area (Å²) in [6.45, 7) is 6.03. The molecule has 0 amide bonds. The largest absolute Gasteiger partial charge is 0.374 e. The zero-order valence-electron chi connectivity index (χ0n) is 12.3. The van der Waals surface area contributed by atoms with Gasteiger partial charge in [0.15, 0.2) is 5.82 Å².